The number of benzene rings is 2. The maximum atomic E-state index is 13.1. The van der Waals surface area contributed by atoms with Crippen molar-refractivity contribution in [2.75, 3.05) is 4.90 Å². The molecule has 0 bridgehead atoms. The second-order valence-corrected chi connectivity index (χ2v) is 8.12. The van der Waals surface area contributed by atoms with Crippen LogP contribution in [0.5, 0.6) is 0 Å². The lowest BCUT2D eigenvalue weighted by Gasteiger charge is -2.17. The first kappa shape index (κ1) is 19.5. The van der Waals surface area contributed by atoms with Crippen molar-refractivity contribution in [3.05, 3.63) is 87.5 Å². The van der Waals surface area contributed by atoms with Gasteiger partial charge in [0.2, 0.25) is 0 Å². The van der Waals surface area contributed by atoms with Gasteiger partial charge in [0.1, 0.15) is 0 Å². The third-order valence-electron chi connectivity index (χ3n) is 4.20. The average molecular weight is 431 g/mol. The van der Waals surface area contributed by atoms with Crippen LogP contribution in [0.2, 0.25) is 0 Å². The average Bonchev–Trinajstić information content (AvgIpc) is 3.29. The summed E-state index contributed by atoms with van der Waals surface area (Å²) in [5.74, 6) is -1.26. The molecule has 0 saturated heterocycles. The lowest BCUT2D eigenvalue weighted by molar-refractivity contribution is -0.137. The van der Waals surface area contributed by atoms with E-state index in [1.807, 2.05) is 6.07 Å². The number of anilines is 1. The molecule has 4 rings (SSSR count). The number of rotatable bonds is 4. The maximum absolute atomic E-state index is 13.1. The third-order valence-corrected chi connectivity index (χ3v) is 6.18. The number of hydrogen-bond donors (Lipinski definition) is 0. The molecule has 0 radical (unpaired) electrons. The van der Waals surface area contributed by atoms with E-state index >= 15 is 0 Å². The van der Waals surface area contributed by atoms with Crippen LogP contribution in [0.25, 0.3) is 5.57 Å². The predicted octanol–water partition coefficient (Wildman–Crippen LogP) is 5.84. The second-order valence-electron chi connectivity index (χ2n) is 6.09. The molecule has 0 spiro atoms. The molecule has 0 fully saturated rings. The first-order valence-electron chi connectivity index (χ1n) is 8.43. The van der Waals surface area contributed by atoms with Gasteiger partial charge in [-0.3, -0.25) is 9.59 Å². The van der Waals surface area contributed by atoms with Crippen molar-refractivity contribution >= 4 is 46.2 Å². The molecule has 0 atom stereocenters. The fourth-order valence-electron chi connectivity index (χ4n) is 2.90. The zero-order valence-corrected chi connectivity index (χ0v) is 16.3. The summed E-state index contributed by atoms with van der Waals surface area (Å²) in [7, 11) is 0. The first-order chi connectivity index (χ1) is 13.9. The molecule has 29 heavy (non-hydrogen) atoms. The summed E-state index contributed by atoms with van der Waals surface area (Å²) in [6.07, 6.45) is -4.58. The van der Waals surface area contributed by atoms with Gasteiger partial charge in [-0.1, -0.05) is 42.1 Å². The second kappa shape index (κ2) is 7.53. The zero-order chi connectivity index (χ0) is 20.6. The molecule has 1 aromatic heterocycles. The number of nitrogens with zero attached hydrogens (tertiary/aromatic N) is 1. The lowest BCUT2D eigenvalue weighted by atomic mass is 10.1. The monoisotopic (exact) mass is 431 g/mol. The quantitative estimate of drug-likeness (QED) is 0.487. The van der Waals surface area contributed by atoms with Crippen molar-refractivity contribution in [1.82, 2.24) is 0 Å². The molecule has 0 N–H and O–H groups in total. The van der Waals surface area contributed by atoms with Crippen molar-refractivity contribution in [3.63, 3.8) is 0 Å². The number of thiophene rings is 1. The molecule has 146 valence electrons. The van der Waals surface area contributed by atoms with Gasteiger partial charge in [-0.05, 0) is 41.8 Å². The van der Waals surface area contributed by atoms with Gasteiger partial charge >= 0.3 is 6.18 Å². The summed E-state index contributed by atoms with van der Waals surface area (Å²) in [6.45, 7) is 0. The number of imide groups is 1. The van der Waals surface area contributed by atoms with E-state index in [1.54, 1.807) is 41.8 Å². The molecule has 0 saturated carbocycles. The van der Waals surface area contributed by atoms with Crippen LogP contribution in [0.3, 0.4) is 0 Å². The van der Waals surface area contributed by atoms with E-state index < -0.39 is 23.6 Å². The number of hydrogen-bond acceptors (Lipinski definition) is 4. The maximum Gasteiger partial charge on any atom is 0.416 e. The number of carbonyl (C=O) groups excluding carboxylic acids is 2. The van der Waals surface area contributed by atoms with Crippen LogP contribution in [0.1, 0.15) is 10.4 Å². The zero-order valence-electron chi connectivity index (χ0n) is 14.6. The molecule has 8 heteroatoms. The largest absolute Gasteiger partial charge is 0.416 e. The molecule has 2 heterocycles. The van der Waals surface area contributed by atoms with E-state index in [0.717, 1.165) is 33.7 Å². The van der Waals surface area contributed by atoms with E-state index in [9.17, 15) is 22.8 Å². The Morgan fingerprint density at radius 2 is 1.62 bits per heavy atom. The summed E-state index contributed by atoms with van der Waals surface area (Å²) in [5.41, 5.74) is -0.818. The first-order valence-corrected chi connectivity index (χ1v) is 10.1. The highest BCUT2D eigenvalue weighted by atomic mass is 32.2. The Labute approximate surface area is 172 Å². The van der Waals surface area contributed by atoms with Crippen LogP contribution < -0.4 is 4.90 Å². The molecule has 0 unspecified atom stereocenters. The van der Waals surface area contributed by atoms with Crippen molar-refractivity contribution in [2.45, 2.75) is 11.1 Å². The molecular formula is C21H12F3NO2S2. The highest BCUT2D eigenvalue weighted by molar-refractivity contribution is 8.04. The van der Waals surface area contributed by atoms with Gasteiger partial charge < -0.3 is 0 Å². The Morgan fingerprint density at radius 1 is 0.862 bits per heavy atom. The van der Waals surface area contributed by atoms with Gasteiger partial charge in [-0.2, -0.15) is 13.2 Å². The molecule has 2 amide bonds. The molecule has 3 aromatic rings. The Bertz CT molecular complexity index is 1110. The van der Waals surface area contributed by atoms with E-state index in [-0.39, 0.29) is 16.2 Å². The minimum Gasteiger partial charge on any atom is -0.268 e. The molecule has 3 nitrogen and oxygen atoms in total. The van der Waals surface area contributed by atoms with E-state index in [1.165, 1.54) is 23.5 Å². The Balaban J connectivity index is 1.79. The van der Waals surface area contributed by atoms with Gasteiger partial charge in [0, 0.05) is 9.77 Å². The lowest BCUT2D eigenvalue weighted by Crippen LogP contribution is -2.31. The molecule has 1 aliphatic heterocycles. The van der Waals surface area contributed by atoms with Crippen molar-refractivity contribution in [3.8, 4) is 0 Å². The smallest absolute Gasteiger partial charge is 0.268 e. The van der Waals surface area contributed by atoms with Crippen LogP contribution in [0, 0.1) is 0 Å². The van der Waals surface area contributed by atoms with Crippen LogP contribution in [0.4, 0.5) is 18.9 Å². The third kappa shape index (κ3) is 3.73. The molecule has 1 aliphatic rings. The van der Waals surface area contributed by atoms with Gasteiger partial charge in [0.05, 0.1) is 21.7 Å². The Hall–Kier alpha value is -2.84. The summed E-state index contributed by atoms with van der Waals surface area (Å²) in [4.78, 5) is 28.6. The van der Waals surface area contributed by atoms with E-state index in [2.05, 4.69) is 0 Å². The normalized spacial score (nSPS) is 14.8. The molecule has 2 aromatic carbocycles. The predicted molar refractivity (Wildman–Crippen MR) is 107 cm³/mol. The SMILES string of the molecule is O=C1C(Sc2ccccc2)=C(c2cccs2)C(=O)N1c1cccc(C(F)(F)F)c1. The number of carbonyl (C=O) groups is 2. The van der Waals surface area contributed by atoms with Crippen molar-refractivity contribution < 1.29 is 22.8 Å². The fourth-order valence-corrected chi connectivity index (χ4v) is 4.74. The Morgan fingerprint density at radius 3 is 2.28 bits per heavy atom. The van der Waals surface area contributed by atoms with Crippen molar-refractivity contribution in [1.29, 1.82) is 0 Å². The molecule has 0 aliphatic carbocycles. The van der Waals surface area contributed by atoms with Gasteiger partial charge in [-0.15, -0.1) is 11.3 Å². The Kier molecular flexibility index (Phi) is 5.06. The topological polar surface area (TPSA) is 37.4 Å². The van der Waals surface area contributed by atoms with Crippen LogP contribution in [-0.2, 0) is 15.8 Å². The highest BCUT2D eigenvalue weighted by Gasteiger charge is 2.41. The molecular weight excluding hydrogens is 419 g/mol. The van der Waals surface area contributed by atoms with Crippen LogP contribution in [-0.4, -0.2) is 11.8 Å². The van der Waals surface area contributed by atoms with Crippen molar-refractivity contribution in [2.24, 2.45) is 0 Å². The standard InChI is InChI=1S/C21H12F3NO2S2/c22-21(23,24)13-6-4-7-14(12-13)25-19(26)17(16-10-5-11-28-16)18(20(25)27)29-15-8-2-1-3-9-15/h1-12H. The number of halogens is 3. The summed E-state index contributed by atoms with van der Waals surface area (Å²) in [5, 5.41) is 1.78. The van der Waals surface area contributed by atoms with E-state index in [0.29, 0.717) is 4.88 Å². The summed E-state index contributed by atoms with van der Waals surface area (Å²) in [6, 6.07) is 16.7. The summed E-state index contributed by atoms with van der Waals surface area (Å²) < 4.78 is 39.3. The number of alkyl halides is 3. The van der Waals surface area contributed by atoms with E-state index in [4.69, 9.17) is 0 Å². The van der Waals surface area contributed by atoms with Gasteiger partial charge in [0.25, 0.3) is 11.8 Å². The van der Waals surface area contributed by atoms with Gasteiger partial charge in [0.15, 0.2) is 0 Å². The highest BCUT2D eigenvalue weighted by Crippen LogP contribution is 2.43. The minimum absolute atomic E-state index is 0.104. The summed E-state index contributed by atoms with van der Waals surface area (Å²) >= 11 is 2.42. The number of thioether (sulfide) groups is 1. The number of amides is 2. The fraction of sp³-hybridized carbons (Fsp3) is 0.0476. The van der Waals surface area contributed by atoms with Crippen LogP contribution >= 0.6 is 23.1 Å². The minimum atomic E-state index is -4.58. The van der Waals surface area contributed by atoms with Gasteiger partial charge in [-0.25, -0.2) is 4.90 Å². The van der Waals surface area contributed by atoms with Crippen LogP contribution in [0.15, 0.2) is 81.9 Å².